The smallest absolute Gasteiger partial charge is 0.396 e. The highest BCUT2D eigenvalue weighted by Crippen LogP contribution is 2.32. The van der Waals surface area contributed by atoms with Crippen LogP contribution >= 0.6 is 0 Å². The third-order valence-electron chi connectivity index (χ3n) is 3.67. The highest BCUT2D eigenvalue weighted by molar-refractivity contribution is 6.24. The van der Waals surface area contributed by atoms with Gasteiger partial charge in [-0.3, -0.25) is 0 Å². The predicted molar refractivity (Wildman–Crippen MR) is 67.4 cm³/mol. The summed E-state index contributed by atoms with van der Waals surface area (Å²) < 4.78 is 28.6. The molecule has 3 saturated heterocycles. The van der Waals surface area contributed by atoms with E-state index in [9.17, 15) is 0 Å². The molecule has 0 bridgehead atoms. The Morgan fingerprint density at radius 1 is 0.947 bits per heavy atom. The molecule has 107 valence electrons. The Bertz CT molecular complexity index is 319. The molecule has 19 heavy (non-hydrogen) atoms. The van der Waals surface area contributed by atoms with Gasteiger partial charge in [0.15, 0.2) is 11.6 Å². The summed E-state index contributed by atoms with van der Waals surface area (Å²) in [7, 11) is 1.61. The Hall–Kier alpha value is -0.175. The van der Waals surface area contributed by atoms with Crippen LogP contribution in [-0.2, 0) is 23.6 Å². The first-order chi connectivity index (χ1) is 8.86. The molecule has 4 atom stereocenters. The second-order valence-corrected chi connectivity index (χ2v) is 6.15. The van der Waals surface area contributed by atoms with Gasteiger partial charge in [-0.2, -0.15) is 0 Å². The molecular formula is C12H21BNO5. The van der Waals surface area contributed by atoms with Crippen molar-refractivity contribution in [1.29, 1.82) is 0 Å². The summed E-state index contributed by atoms with van der Waals surface area (Å²) in [5.41, 5.74) is 0. The largest absolute Gasteiger partial charge is 0.417 e. The zero-order chi connectivity index (χ0) is 13.7. The third-order valence-corrected chi connectivity index (χ3v) is 3.67. The Morgan fingerprint density at radius 2 is 1.53 bits per heavy atom. The van der Waals surface area contributed by atoms with Gasteiger partial charge in [-0.1, -0.05) is 0 Å². The Labute approximate surface area is 114 Å². The summed E-state index contributed by atoms with van der Waals surface area (Å²) in [6, 6.07) is 0.0178. The van der Waals surface area contributed by atoms with Gasteiger partial charge in [0, 0.05) is 0 Å². The van der Waals surface area contributed by atoms with Gasteiger partial charge in [0.1, 0.15) is 12.2 Å². The lowest BCUT2D eigenvalue weighted by Crippen LogP contribution is -2.49. The highest BCUT2D eigenvalue weighted by Gasteiger charge is 2.49. The first-order valence-corrected chi connectivity index (χ1v) is 6.73. The second-order valence-electron chi connectivity index (χ2n) is 6.15. The second kappa shape index (κ2) is 4.68. The topological polar surface area (TPSA) is 58.2 Å². The normalized spacial score (nSPS) is 44.4. The van der Waals surface area contributed by atoms with Crippen molar-refractivity contribution in [3.05, 3.63) is 0 Å². The maximum Gasteiger partial charge on any atom is 0.396 e. The molecule has 0 aliphatic carbocycles. The molecule has 6 nitrogen and oxygen atoms in total. The summed E-state index contributed by atoms with van der Waals surface area (Å²) in [5, 5.41) is 3.20. The van der Waals surface area contributed by atoms with Crippen LogP contribution in [0.5, 0.6) is 0 Å². The molecule has 3 rings (SSSR count). The molecule has 0 spiro atoms. The van der Waals surface area contributed by atoms with E-state index in [4.69, 9.17) is 23.6 Å². The maximum atomic E-state index is 5.89. The molecule has 0 aromatic carbocycles. The minimum absolute atomic E-state index is 0.0178. The molecule has 0 unspecified atom stereocenters. The van der Waals surface area contributed by atoms with Crippen molar-refractivity contribution < 1.29 is 23.6 Å². The van der Waals surface area contributed by atoms with Crippen molar-refractivity contribution >= 4 is 7.62 Å². The van der Waals surface area contributed by atoms with E-state index in [1.807, 2.05) is 27.7 Å². The first-order valence-electron chi connectivity index (χ1n) is 6.73. The van der Waals surface area contributed by atoms with E-state index in [-0.39, 0.29) is 24.4 Å². The monoisotopic (exact) mass is 270 g/mol. The van der Waals surface area contributed by atoms with E-state index in [0.717, 1.165) is 0 Å². The zero-order valence-corrected chi connectivity index (χ0v) is 11.8. The molecule has 1 radical (unpaired) electrons. The van der Waals surface area contributed by atoms with Crippen LogP contribution < -0.4 is 5.23 Å². The van der Waals surface area contributed by atoms with Crippen LogP contribution in [0.3, 0.4) is 0 Å². The molecule has 3 heterocycles. The fraction of sp³-hybridized carbons (Fsp3) is 1.00. The molecule has 0 saturated carbocycles. The summed E-state index contributed by atoms with van der Waals surface area (Å²) in [6.45, 7) is 8.73. The standard InChI is InChI=1S/C12H21BNO5/c1-11(2)15-5-7(17-11)9-10(19-13-14-9)8-6-16-12(3,4)18-8/h7-10,14H,5-6H2,1-4H3/t7-,8-,9-,10+/m0/s1. The molecule has 0 amide bonds. The lowest BCUT2D eigenvalue weighted by atomic mass is 10.0. The highest BCUT2D eigenvalue weighted by atomic mass is 16.8. The third kappa shape index (κ3) is 2.81. The van der Waals surface area contributed by atoms with Gasteiger partial charge in [-0.05, 0) is 27.7 Å². The molecular weight excluding hydrogens is 249 g/mol. The van der Waals surface area contributed by atoms with Crippen molar-refractivity contribution in [2.75, 3.05) is 13.2 Å². The van der Waals surface area contributed by atoms with E-state index in [1.165, 1.54) is 0 Å². The van der Waals surface area contributed by atoms with E-state index < -0.39 is 11.6 Å². The van der Waals surface area contributed by atoms with Crippen LogP contribution in [0.1, 0.15) is 27.7 Å². The molecule has 3 fully saturated rings. The fourth-order valence-corrected chi connectivity index (χ4v) is 2.78. The Morgan fingerprint density at radius 3 is 2.05 bits per heavy atom. The minimum Gasteiger partial charge on any atom is -0.417 e. The average molecular weight is 270 g/mol. The van der Waals surface area contributed by atoms with Crippen molar-refractivity contribution in [2.45, 2.75) is 63.6 Å². The van der Waals surface area contributed by atoms with Crippen LogP contribution in [0.4, 0.5) is 0 Å². The van der Waals surface area contributed by atoms with Crippen LogP contribution in [0.2, 0.25) is 0 Å². The van der Waals surface area contributed by atoms with E-state index in [1.54, 1.807) is 7.62 Å². The summed E-state index contributed by atoms with van der Waals surface area (Å²) in [6.07, 6.45) is -0.270. The molecule has 7 heteroatoms. The number of hydrogen-bond donors (Lipinski definition) is 1. The Balaban J connectivity index is 1.66. The number of nitrogens with one attached hydrogen (secondary N) is 1. The SMILES string of the molecule is CC1(C)OC[C@@H]([C@@H]2N[B]O[C@@H]2[C@@H]2COC(C)(C)O2)O1. The number of ether oxygens (including phenoxy) is 4. The van der Waals surface area contributed by atoms with Crippen molar-refractivity contribution in [3.8, 4) is 0 Å². The van der Waals surface area contributed by atoms with E-state index >= 15 is 0 Å². The Kier molecular flexibility index (Phi) is 3.40. The van der Waals surface area contributed by atoms with Gasteiger partial charge in [-0.15, -0.1) is 0 Å². The molecule has 1 N–H and O–H groups in total. The van der Waals surface area contributed by atoms with E-state index in [0.29, 0.717) is 13.2 Å². The first kappa shape index (κ1) is 13.8. The van der Waals surface area contributed by atoms with Gasteiger partial charge in [0.05, 0.1) is 25.4 Å². The van der Waals surface area contributed by atoms with Gasteiger partial charge in [0.25, 0.3) is 0 Å². The lowest BCUT2D eigenvalue weighted by Gasteiger charge is -2.29. The zero-order valence-electron chi connectivity index (χ0n) is 11.8. The van der Waals surface area contributed by atoms with Gasteiger partial charge in [-0.25, -0.2) is 0 Å². The number of hydrogen-bond acceptors (Lipinski definition) is 6. The summed E-state index contributed by atoms with van der Waals surface area (Å²) in [4.78, 5) is 0. The van der Waals surface area contributed by atoms with Crippen molar-refractivity contribution in [3.63, 3.8) is 0 Å². The summed E-state index contributed by atoms with van der Waals surface area (Å²) in [5.74, 6) is -1.08. The number of rotatable bonds is 2. The molecule has 0 aromatic heterocycles. The van der Waals surface area contributed by atoms with E-state index in [2.05, 4.69) is 5.23 Å². The minimum atomic E-state index is -0.548. The van der Waals surface area contributed by atoms with Crippen LogP contribution in [0.25, 0.3) is 0 Å². The lowest BCUT2D eigenvalue weighted by molar-refractivity contribution is -0.158. The van der Waals surface area contributed by atoms with Crippen molar-refractivity contribution in [1.82, 2.24) is 5.23 Å². The maximum absolute atomic E-state index is 5.89. The average Bonchev–Trinajstić information content (AvgIpc) is 2.96. The predicted octanol–water partition coefficient (Wildman–Crippen LogP) is 0.181. The van der Waals surface area contributed by atoms with Crippen LogP contribution in [-0.4, -0.2) is 56.8 Å². The quantitative estimate of drug-likeness (QED) is 0.722. The molecule has 3 aliphatic heterocycles. The summed E-state index contributed by atoms with van der Waals surface area (Å²) >= 11 is 0. The fourth-order valence-electron chi connectivity index (χ4n) is 2.78. The van der Waals surface area contributed by atoms with Crippen molar-refractivity contribution in [2.24, 2.45) is 0 Å². The van der Waals surface area contributed by atoms with Gasteiger partial charge in [0.2, 0.25) is 0 Å². The molecule has 0 aromatic rings. The molecule has 3 aliphatic rings. The van der Waals surface area contributed by atoms with Crippen LogP contribution in [0, 0.1) is 0 Å². The van der Waals surface area contributed by atoms with Gasteiger partial charge >= 0.3 is 7.62 Å². The van der Waals surface area contributed by atoms with Gasteiger partial charge < -0.3 is 28.8 Å². The van der Waals surface area contributed by atoms with Crippen LogP contribution in [0.15, 0.2) is 0 Å².